The van der Waals surface area contributed by atoms with Crippen LogP contribution in [0.3, 0.4) is 0 Å². The van der Waals surface area contributed by atoms with Gasteiger partial charge in [0.25, 0.3) is 11.8 Å². The Morgan fingerprint density at radius 1 is 1.29 bits per heavy atom. The number of β-lactam (4-membered cyclic amide) rings is 1. The molecule has 5 heterocycles. The number of carboxylic acid groups (broad SMARTS) is 1. The molecule has 2 aliphatic rings. The number of nitrogens with two attached hydrogens (primary N) is 1. The second-order valence-corrected chi connectivity index (χ2v) is 11.8. The third-order valence-corrected chi connectivity index (χ3v) is 9.15. The van der Waals surface area contributed by atoms with Crippen LogP contribution in [-0.4, -0.2) is 81.4 Å². The van der Waals surface area contributed by atoms with Gasteiger partial charge in [0.15, 0.2) is 23.2 Å². The Morgan fingerprint density at radius 2 is 2.05 bits per heavy atom. The number of oxime groups is 1. The van der Waals surface area contributed by atoms with Gasteiger partial charge in [-0.05, 0) is 17.7 Å². The summed E-state index contributed by atoms with van der Waals surface area (Å²) in [5.74, 6) is -2.67. The average molecular weight is 632 g/mol. The number of amides is 2. The minimum Gasteiger partial charge on any atom is -0.503 e. The number of rotatable bonds is 10. The minimum atomic E-state index is -1.24. The van der Waals surface area contributed by atoms with E-state index in [9.17, 15) is 34.6 Å². The van der Waals surface area contributed by atoms with Crippen LogP contribution in [-0.2, 0) is 25.8 Å². The number of aromatic nitrogens is 3. The summed E-state index contributed by atoms with van der Waals surface area (Å²) in [7, 11) is 0. The van der Waals surface area contributed by atoms with Crippen LogP contribution < -0.4 is 16.5 Å². The van der Waals surface area contributed by atoms with Gasteiger partial charge in [-0.25, -0.2) is 9.78 Å². The average Bonchev–Trinajstić information content (AvgIpc) is 3.40. The maximum atomic E-state index is 13.3. The second kappa shape index (κ2) is 12.1. The molecule has 0 unspecified atom stereocenters. The summed E-state index contributed by atoms with van der Waals surface area (Å²) in [5, 5.41) is 36.5. The lowest BCUT2D eigenvalue weighted by Gasteiger charge is -2.49. The maximum Gasteiger partial charge on any atom is 0.352 e. The molecule has 5 rings (SSSR count). The summed E-state index contributed by atoms with van der Waals surface area (Å²) in [6.45, 7) is -0.468. The number of carbonyl (C=O) groups is 3. The molecule has 0 aliphatic carbocycles. The fourth-order valence-electron chi connectivity index (χ4n) is 4.03. The highest BCUT2D eigenvalue weighted by atomic mass is 32.2. The van der Waals surface area contributed by atoms with Crippen LogP contribution in [0, 0.1) is 0 Å². The minimum absolute atomic E-state index is 0.0450. The molecule has 18 heteroatoms. The fourth-order valence-corrected chi connectivity index (χ4v) is 6.95. The topological polar surface area (TPSA) is 223 Å². The molecule has 0 radical (unpaired) electrons. The largest absolute Gasteiger partial charge is 0.503 e. The number of carboxylic acids is 1. The molecule has 2 atom stereocenters. The first-order valence-corrected chi connectivity index (χ1v) is 14.8. The second-order valence-electron chi connectivity index (χ2n) is 8.73. The Balaban J connectivity index is 1.31. The van der Waals surface area contributed by atoms with E-state index in [-0.39, 0.29) is 27.9 Å². The molecular formula is C24H21N7O8S3. The number of anilines is 1. The van der Waals surface area contributed by atoms with Crippen molar-refractivity contribution >= 4 is 63.5 Å². The van der Waals surface area contributed by atoms with E-state index in [1.165, 1.54) is 33.8 Å². The number of aliphatic carboxylic acids is 1. The van der Waals surface area contributed by atoms with Gasteiger partial charge in [-0.1, -0.05) is 5.16 Å². The zero-order valence-electron chi connectivity index (χ0n) is 21.2. The lowest BCUT2D eigenvalue weighted by Crippen LogP contribution is -2.71. The Bertz CT molecular complexity index is 1670. The number of thiazole rings is 1. The number of pyridine rings is 2. The number of nitrogens with zero attached hydrogens (tertiary/aromatic N) is 5. The number of fused-ring (bicyclic) bond motifs is 1. The third-order valence-electron chi connectivity index (χ3n) is 6.04. The number of hydrogen-bond acceptors (Lipinski definition) is 14. The van der Waals surface area contributed by atoms with Crippen molar-refractivity contribution < 1.29 is 34.6 Å². The molecule has 1 saturated heterocycles. The third kappa shape index (κ3) is 5.90. The van der Waals surface area contributed by atoms with Crippen LogP contribution in [0.2, 0.25) is 0 Å². The van der Waals surface area contributed by atoms with E-state index in [1.807, 2.05) is 0 Å². The summed E-state index contributed by atoms with van der Waals surface area (Å²) in [6, 6.07) is 3.48. The molecule has 15 nitrogen and oxygen atoms in total. The Labute approximate surface area is 248 Å². The van der Waals surface area contributed by atoms with Crippen LogP contribution in [0.1, 0.15) is 11.4 Å². The standard InChI is InChI=1S/C24H21N7O8S3/c25-24-27-14(10-42-24)17(29-39-7-12-5-15(32)16(33)6-30(12)38)20(34)28-18-21(35)31-19(23(36)37)11(9-41-22(18)31)8-40-13-1-3-26-4-2-13/h1-6,10,18,22,33,38H,7-9H2,(H2,25,27)(H,28,34)(H,36,37)/b29-17+/t18-,22-/m1/s1. The smallest absolute Gasteiger partial charge is 0.352 e. The highest BCUT2D eigenvalue weighted by Gasteiger charge is 2.54. The zero-order chi connectivity index (χ0) is 30.0. The number of hydrogen-bond donors (Lipinski definition) is 5. The molecule has 0 aromatic carbocycles. The first-order chi connectivity index (χ1) is 20.1. The van der Waals surface area contributed by atoms with E-state index < -0.39 is 47.0 Å². The van der Waals surface area contributed by atoms with Crippen LogP contribution >= 0.6 is 34.9 Å². The van der Waals surface area contributed by atoms with Crippen molar-refractivity contribution in [1.82, 2.24) is 24.9 Å². The van der Waals surface area contributed by atoms with Crippen molar-refractivity contribution in [2.75, 3.05) is 17.2 Å². The summed E-state index contributed by atoms with van der Waals surface area (Å²) in [5.41, 5.74) is 5.04. The Kier molecular flexibility index (Phi) is 8.36. The van der Waals surface area contributed by atoms with Crippen LogP contribution in [0.25, 0.3) is 0 Å². The quantitative estimate of drug-likeness (QED) is 0.0683. The van der Waals surface area contributed by atoms with E-state index in [1.54, 1.807) is 24.5 Å². The normalized spacial score (nSPS) is 18.3. The highest BCUT2D eigenvalue weighted by molar-refractivity contribution is 8.01. The molecule has 6 N–H and O–H groups in total. The van der Waals surface area contributed by atoms with Crippen LogP contribution in [0.5, 0.6) is 5.75 Å². The van der Waals surface area contributed by atoms with E-state index in [2.05, 4.69) is 20.4 Å². The van der Waals surface area contributed by atoms with Gasteiger partial charge in [-0.15, -0.1) is 34.9 Å². The maximum absolute atomic E-state index is 13.3. The molecule has 0 spiro atoms. The molecule has 2 amide bonds. The molecule has 2 aliphatic heterocycles. The van der Waals surface area contributed by atoms with Crippen molar-refractivity contribution in [3.63, 3.8) is 0 Å². The molecule has 0 bridgehead atoms. The summed E-state index contributed by atoms with van der Waals surface area (Å²) in [6.07, 6.45) is 4.04. The predicted molar refractivity (Wildman–Crippen MR) is 152 cm³/mol. The molecule has 3 aromatic heterocycles. The van der Waals surface area contributed by atoms with Crippen molar-refractivity contribution in [3.8, 4) is 5.75 Å². The zero-order valence-corrected chi connectivity index (χ0v) is 23.7. The number of aromatic hydroxyl groups is 1. The number of thioether (sulfide) groups is 2. The number of carbonyl (C=O) groups excluding carboxylic acids is 2. The lowest BCUT2D eigenvalue weighted by atomic mass is 10.0. The monoisotopic (exact) mass is 631 g/mol. The van der Waals surface area contributed by atoms with Crippen LogP contribution in [0.4, 0.5) is 5.13 Å². The molecule has 0 saturated carbocycles. The summed E-state index contributed by atoms with van der Waals surface area (Å²) >= 11 is 3.78. The van der Waals surface area contributed by atoms with Crippen molar-refractivity contribution in [2.24, 2.45) is 5.16 Å². The summed E-state index contributed by atoms with van der Waals surface area (Å²) in [4.78, 5) is 65.5. The van der Waals surface area contributed by atoms with Gasteiger partial charge in [0.1, 0.15) is 28.5 Å². The molecule has 218 valence electrons. The van der Waals surface area contributed by atoms with Gasteiger partial charge in [0, 0.05) is 40.2 Å². The predicted octanol–water partition coefficient (Wildman–Crippen LogP) is 0.677. The van der Waals surface area contributed by atoms with Gasteiger partial charge < -0.3 is 31.3 Å². The Hall–Kier alpha value is -4.55. The first-order valence-electron chi connectivity index (χ1n) is 11.9. The lowest BCUT2D eigenvalue weighted by molar-refractivity contribution is -0.150. The molecule has 42 heavy (non-hydrogen) atoms. The van der Waals surface area contributed by atoms with E-state index in [0.29, 0.717) is 21.8 Å². The van der Waals surface area contributed by atoms with Crippen LogP contribution in [0.15, 0.2) is 68.3 Å². The van der Waals surface area contributed by atoms with Crippen molar-refractivity contribution in [2.45, 2.75) is 22.9 Å². The fraction of sp³-hybridized carbons (Fsp3) is 0.208. The number of nitrogen functional groups attached to an aromatic ring is 1. The van der Waals surface area contributed by atoms with E-state index in [0.717, 1.165) is 28.5 Å². The van der Waals surface area contributed by atoms with Gasteiger partial charge in [0.05, 0.1) is 6.20 Å². The van der Waals surface area contributed by atoms with E-state index >= 15 is 0 Å². The molecular weight excluding hydrogens is 611 g/mol. The van der Waals surface area contributed by atoms with Gasteiger partial charge in [-0.2, -0.15) is 4.73 Å². The Morgan fingerprint density at radius 3 is 2.74 bits per heavy atom. The highest BCUT2D eigenvalue weighted by Crippen LogP contribution is 2.41. The van der Waals surface area contributed by atoms with E-state index in [4.69, 9.17) is 10.6 Å². The van der Waals surface area contributed by atoms with Crippen molar-refractivity contribution in [3.05, 3.63) is 75.1 Å². The summed E-state index contributed by atoms with van der Waals surface area (Å²) < 4.78 is 0.464. The van der Waals surface area contributed by atoms with Gasteiger partial charge in [-0.3, -0.25) is 24.3 Å². The van der Waals surface area contributed by atoms with Crippen molar-refractivity contribution in [1.29, 1.82) is 0 Å². The molecule has 3 aromatic rings. The van der Waals surface area contributed by atoms with Gasteiger partial charge in [0.2, 0.25) is 5.43 Å². The SMILES string of the molecule is Nc1nc(/C(=N\OCc2cc(=O)c(O)cn2O)C(=O)N[C@@H]2C(=O)N3C(C(=O)O)=C(CSc4ccncc4)CS[C@H]23)cs1. The molecule has 1 fully saturated rings. The number of nitrogens with one attached hydrogen (secondary N) is 1. The first kappa shape index (κ1) is 29.0. The van der Waals surface area contributed by atoms with Gasteiger partial charge >= 0.3 is 5.97 Å².